The number of hydrogen-bond donors (Lipinski definition) is 2. The highest BCUT2D eigenvalue weighted by Crippen LogP contribution is 2.27. The SMILES string of the molecule is CNc1cn([C@@H]2CC[C@@H](CO)O2)nn1. The summed E-state index contributed by atoms with van der Waals surface area (Å²) >= 11 is 0. The van der Waals surface area contributed by atoms with Gasteiger partial charge < -0.3 is 15.2 Å². The van der Waals surface area contributed by atoms with Crippen molar-refractivity contribution in [1.29, 1.82) is 0 Å². The van der Waals surface area contributed by atoms with Gasteiger partial charge in [-0.15, -0.1) is 5.10 Å². The van der Waals surface area contributed by atoms with Gasteiger partial charge in [-0.05, 0) is 12.8 Å². The van der Waals surface area contributed by atoms with Crippen molar-refractivity contribution in [2.75, 3.05) is 19.0 Å². The summed E-state index contributed by atoms with van der Waals surface area (Å²) in [5.74, 6) is 0.723. The molecular formula is C8H14N4O2. The molecule has 0 saturated carbocycles. The number of nitrogens with zero attached hydrogens (tertiary/aromatic N) is 3. The number of hydrogen-bond acceptors (Lipinski definition) is 5. The summed E-state index contributed by atoms with van der Waals surface area (Å²) in [5, 5.41) is 19.6. The molecule has 2 rings (SSSR count). The average Bonchev–Trinajstić information content (AvgIpc) is 2.86. The fraction of sp³-hybridized carbons (Fsp3) is 0.750. The van der Waals surface area contributed by atoms with E-state index < -0.39 is 0 Å². The van der Waals surface area contributed by atoms with Crippen LogP contribution in [0, 0.1) is 0 Å². The van der Waals surface area contributed by atoms with Gasteiger partial charge in [0.25, 0.3) is 0 Å². The van der Waals surface area contributed by atoms with Gasteiger partial charge in [0, 0.05) is 7.05 Å². The van der Waals surface area contributed by atoms with Gasteiger partial charge in [-0.3, -0.25) is 0 Å². The van der Waals surface area contributed by atoms with Crippen LogP contribution in [0.15, 0.2) is 6.20 Å². The Bertz CT molecular complexity index is 301. The molecule has 1 aliphatic heterocycles. The summed E-state index contributed by atoms with van der Waals surface area (Å²) in [4.78, 5) is 0. The zero-order valence-corrected chi connectivity index (χ0v) is 8.05. The van der Waals surface area contributed by atoms with Crippen molar-refractivity contribution in [1.82, 2.24) is 15.0 Å². The van der Waals surface area contributed by atoms with Gasteiger partial charge >= 0.3 is 0 Å². The molecule has 6 nitrogen and oxygen atoms in total. The van der Waals surface area contributed by atoms with Crippen LogP contribution in [-0.4, -0.2) is 39.9 Å². The van der Waals surface area contributed by atoms with E-state index in [0.717, 1.165) is 18.7 Å². The van der Waals surface area contributed by atoms with Crippen LogP contribution in [0.1, 0.15) is 19.1 Å². The highest BCUT2D eigenvalue weighted by molar-refractivity contribution is 5.27. The van der Waals surface area contributed by atoms with Crippen molar-refractivity contribution >= 4 is 5.82 Å². The molecule has 78 valence electrons. The molecule has 2 atom stereocenters. The Labute approximate surface area is 81.9 Å². The number of anilines is 1. The van der Waals surface area contributed by atoms with Crippen LogP contribution < -0.4 is 5.32 Å². The standard InChI is InChI=1S/C8H14N4O2/c1-9-7-4-12(11-10-7)8-3-2-6(5-13)14-8/h4,6,8-9,13H,2-3,5H2,1H3/t6-,8-/m0/s1. The minimum Gasteiger partial charge on any atom is -0.394 e. The molecule has 0 spiro atoms. The first-order valence-corrected chi connectivity index (χ1v) is 4.69. The second kappa shape index (κ2) is 3.93. The number of aliphatic hydroxyl groups is 1. The van der Waals surface area contributed by atoms with E-state index in [9.17, 15) is 0 Å². The second-order valence-electron chi connectivity index (χ2n) is 3.31. The molecule has 1 aromatic rings. The van der Waals surface area contributed by atoms with Crippen molar-refractivity contribution in [2.24, 2.45) is 0 Å². The Morgan fingerprint density at radius 3 is 3.14 bits per heavy atom. The van der Waals surface area contributed by atoms with Crippen molar-refractivity contribution in [3.05, 3.63) is 6.20 Å². The Hall–Kier alpha value is -1.14. The quantitative estimate of drug-likeness (QED) is 0.714. The van der Waals surface area contributed by atoms with Gasteiger partial charge in [0.05, 0.1) is 18.9 Å². The fourth-order valence-corrected chi connectivity index (χ4v) is 1.55. The molecule has 0 bridgehead atoms. The second-order valence-corrected chi connectivity index (χ2v) is 3.31. The monoisotopic (exact) mass is 198 g/mol. The normalized spacial score (nSPS) is 26.7. The van der Waals surface area contributed by atoms with E-state index >= 15 is 0 Å². The van der Waals surface area contributed by atoms with Crippen molar-refractivity contribution < 1.29 is 9.84 Å². The lowest BCUT2D eigenvalue weighted by atomic mass is 10.2. The predicted molar refractivity (Wildman–Crippen MR) is 49.8 cm³/mol. The van der Waals surface area contributed by atoms with Gasteiger partial charge in [0.1, 0.15) is 0 Å². The van der Waals surface area contributed by atoms with E-state index in [4.69, 9.17) is 9.84 Å². The van der Waals surface area contributed by atoms with Crippen LogP contribution in [0.2, 0.25) is 0 Å². The van der Waals surface area contributed by atoms with E-state index in [0.29, 0.717) is 0 Å². The van der Waals surface area contributed by atoms with Crippen LogP contribution in [-0.2, 0) is 4.74 Å². The van der Waals surface area contributed by atoms with Crippen LogP contribution >= 0.6 is 0 Å². The molecule has 6 heteroatoms. The number of aliphatic hydroxyl groups excluding tert-OH is 1. The summed E-state index contributed by atoms with van der Waals surface area (Å²) in [6.45, 7) is 0.0735. The van der Waals surface area contributed by atoms with Crippen molar-refractivity contribution in [3.63, 3.8) is 0 Å². The molecule has 1 aliphatic rings. The van der Waals surface area contributed by atoms with Crippen molar-refractivity contribution in [3.8, 4) is 0 Å². The van der Waals surface area contributed by atoms with Crippen LogP contribution in [0.3, 0.4) is 0 Å². The van der Waals surface area contributed by atoms with Crippen LogP contribution in [0.25, 0.3) is 0 Å². The fourth-order valence-electron chi connectivity index (χ4n) is 1.55. The average molecular weight is 198 g/mol. The third kappa shape index (κ3) is 1.71. The maximum absolute atomic E-state index is 8.90. The Morgan fingerprint density at radius 1 is 1.71 bits per heavy atom. The summed E-state index contributed by atoms with van der Waals surface area (Å²) in [6.07, 6.45) is 3.40. The Balaban J connectivity index is 2.02. The first kappa shape index (κ1) is 9.42. The first-order chi connectivity index (χ1) is 6.83. The molecule has 2 N–H and O–H groups in total. The summed E-state index contributed by atoms with van der Waals surface area (Å²) in [5.41, 5.74) is 0. The lowest BCUT2D eigenvalue weighted by Gasteiger charge is -2.10. The van der Waals surface area contributed by atoms with Gasteiger partial charge in [-0.2, -0.15) is 0 Å². The number of nitrogens with one attached hydrogen (secondary N) is 1. The van der Waals surface area contributed by atoms with Gasteiger partial charge in [0.2, 0.25) is 0 Å². The predicted octanol–water partition coefficient (Wildman–Crippen LogP) is -0.0103. The molecule has 1 fully saturated rings. The van der Waals surface area contributed by atoms with Crippen LogP contribution in [0.4, 0.5) is 5.82 Å². The van der Waals surface area contributed by atoms with Gasteiger partial charge in [0.15, 0.2) is 12.0 Å². The van der Waals surface area contributed by atoms with E-state index in [1.54, 1.807) is 17.9 Å². The molecule has 0 aromatic carbocycles. The third-order valence-electron chi connectivity index (χ3n) is 2.35. The smallest absolute Gasteiger partial charge is 0.168 e. The zero-order valence-electron chi connectivity index (χ0n) is 8.05. The molecule has 2 heterocycles. The van der Waals surface area contributed by atoms with E-state index in [-0.39, 0.29) is 18.9 Å². The van der Waals surface area contributed by atoms with Gasteiger partial charge in [-0.1, -0.05) is 5.21 Å². The highest BCUT2D eigenvalue weighted by Gasteiger charge is 2.26. The summed E-state index contributed by atoms with van der Waals surface area (Å²) < 4.78 is 7.22. The summed E-state index contributed by atoms with van der Waals surface area (Å²) in [7, 11) is 1.79. The third-order valence-corrected chi connectivity index (χ3v) is 2.35. The maximum atomic E-state index is 8.90. The van der Waals surface area contributed by atoms with E-state index in [1.807, 2.05) is 0 Å². The Kier molecular flexibility index (Phi) is 2.64. The maximum Gasteiger partial charge on any atom is 0.168 e. The lowest BCUT2D eigenvalue weighted by molar-refractivity contribution is -0.0289. The zero-order chi connectivity index (χ0) is 9.97. The number of ether oxygens (including phenoxy) is 1. The Morgan fingerprint density at radius 2 is 2.57 bits per heavy atom. The molecule has 0 amide bonds. The topological polar surface area (TPSA) is 72.2 Å². The molecule has 1 aromatic heterocycles. The summed E-state index contributed by atoms with van der Waals surface area (Å²) in [6, 6.07) is 0. The molecule has 1 saturated heterocycles. The largest absolute Gasteiger partial charge is 0.394 e. The molecule has 14 heavy (non-hydrogen) atoms. The van der Waals surface area contributed by atoms with E-state index in [1.165, 1.54) is 0 Å². The minimum absolute atomic E-state index is 0.0535. The first-order valence-electron chi connectivity index (χ1n) is 4.69. The molecule has 0 aliphatic carbocycles. The van der Waals surface area contributed by atoms with E-state index in [2.05, 4.69) is 15.6 Å². The minimum atomic E-state index is -0.0817. The lowest BCUT2D eigenvalue weighted by Crippen LogP contribution is -2.14. The van der Waals surface area contributed by atoms with Crippen molar-refractivity contribution in [2.45, 2.75) is 25.2 Å². The number of aromatic nitrogens is 3. The number of rotatable bonds is 3. The molecular weight excluding hydrogens is 184 g/mol. The highest BCUT2D eigenvalue weighted by atomic mass is 16.5. The molecule has 0 radical (unpaired) electrons. The van der Waals surface area contributed by atoms with Crippen LogP contribution in [0.5, 0.6) is 0 Å². The van der Waals surface area contributed by atoms with Gasteiger partial charge in [-0.25, -0.2) is 4.68 Å². The molecule has 0 unspecified atom stereocenters.